The molecule has 1 aromatic heterocycles. The minimum Gasteiger partial charge on any atom is -0.390 e. The lowest BCUT2D eigenvalue weighted by Crippen LogP contribution is -2.29. The Hall–Kier alpha value is -1.40. The largest absolute Gasteiger partial charge is 0.390 e. The molecule has 0 bridgehead atoms. The van der Waals surface area contributed by atoms with Gasteiger partial charge >= 0.3 is 0 Å². The van der Waals surface area contributed by atoms with Crippen molar-refractivity contribution in [1.82, 2.24) is 9.97 Å². The third-order valence-corrected chi connectivity index (χ3v) is 3.36. The van der Waals surface area contributed by atoms with Gasteiger partial charge in [-0.25, -0.2) is 15.8 Å². The molecule has 6 nitrogen and oxygen atoms in total. The van der Waals surface area contributed by atoms with Crippen LogP contribution in [-0.4, -0.2) is 33.8 Å². The maximum absolute atomic E-state index is 10.1. The van der Waals surface area contributed by atoms with E-state index in [1.54, 1.807) is 0 Å². The number of nitrogens with zero attached hydrogens (tertiary/aromatic N) is 3. The second-order valence-corrected chi connectivity index (χ2v) is 5.14. The lowest BCUT2D eigenvalue weighted by atomic mass is 9.98. The Labute approximate surface area is 107 Å². The number of nitrogens with two attached hydrogens (primary N) is 1. The number of hydrazine groups is 1. The molecule has 0 amide bonds. The molecule has 0 aromatic carbocycles. The summed E-state index contributed by atoms with van der Waals surface area (Å²) in [5.41, 5.74) is 1.99. The molecule has 1 atom stereocenters. The molecule has 1 aromatic rings. The fraction of sp³-hybridized carbons (Fsp3) is 0.667. The fourth-order valence-electron chi connectivity index (χ4n) is 2.28. The van der Waals surface area contributed by atoms with Gasteiger partial charge in [0.15, 0.2) is 0 Å². The van der Waals surface area contributed by atoms with Crippen LogP contribution in [0, 0.1) is 6.92 Å². The molecule has 6 heteroatoms. The number of nitrogen functional groups attached to an aromatic ring is 1. The average molecular weight is 251 g/mol. The van der Waals surface area contributed by atoms with Gasteiger partial charge in [-0.3, -0.25) is 0 Å². The van der Waals surface area contributed by atoms with Crippen molar-refractivity contribution in [2.24, 2.45) is 5.84 Å². The van der Waals surface area contributed by atoms with Gasteiger partial charge < -0.3 is 15.4 Å². The van der Waals surface area contributed by atoms with Gasteiger partial charge in [0, 0.05) is 19.2 Å². The molecule has 4 N–H and O–H groups in total. The van der Waals surface area contributed by atoms with E-state index in [-0.39, 0.29) is 0 Å². The molecule has 0 saturated carbocycles. The maximum atomic E-state index is 10.1. The second kappa shape index (κ2) is 5.07. The first-order valence-electron chi connectivity index (χ1n) is 6.30. The summed E-state index contributed by atoms with van der Waals surface area (Å²) in [6, 6.07) is 1.84. The first-order valence-corrected chi connectivity index (χ1v) is 6.30. The summed E-state index contributed by atoms with van der Waals surface area (Å²) in [6.45, 7) is 5.44. The first kappa shape index (κ1) is 13.0. The standard InChI is InChI=1S/C12H21N5O/c1-9-14-10(16-13)8-11(15-9)17-6-3-4-12(2,18)5-7-17/h8,18H,3-7,13H2,1-2H3,(H,14,15,16). The number of hydrogen-bond acceptors (Lipinski definition) is 6. The van der Waals surface area contributed by atoms with Crippen molar-refractivity contribution >= 4 is 11.6 Å². The van der Waals surface area contributed by atoms with Crippen molar-refractivity contribution in [3.8, 4) is 0 Å². The van der Waals surface area contributed by atoms with Crippen molar-refractivity contribution in [1.29, 1.82) is 0 Å². The zero-order valence-corrected chi connectivity index (χ0v) is 11.0. The molecular weight excluding hydrogens is 230 g/mol. The van der Waals surface area contributed by atoms with E-state index in [1.807, 2.05) is 19.9 Å². The van der Waals surface area contributed by atoms with Crippen molar-refractivity contribution in [3.05, 3.63) is 11.9 Å². The van der Waals surface area contributed by atoms with E-state index in [4.69, 9.17) is 5.84 Å². The van der Waals surface area contributed by atoms with Crippen LogP contribution in [0.15, 0.2) is 6.07 Å². The van der Waals surface area contributed by atoms with E-state index in [2.05, 4.69) is 20.3 Å². The molecule has 2 rings (SSSR count). The summed E-state index contributed by atoms with van der Waals surface area (Å²) in [4.78, 5) is 10.8. The van der Waals surface area contributed by atoms with Gasteiger partial charge in [-0.15, -0.1) is 0 Å². The average Bonchev–Trinajstić information content (AvgIpc) is 2.49. The van der Waals surface area contributed by atoms with Crippen molar-refractivity contribution in [3.63, 3.8) is 0 Å². The molecule has 1 unspecified atom stereocenters. The van der Waals surface area contributed by atoms with Crippen LogP contribution in [0.1, 0.15) is 32.0 Å². The number of aryl methyl sites for hydroxylation is 1. The van der Waals surface area contributed by atoms with Crippen LogP contribution in [0.4, 0.5) is 11.6 Å². The second-order valence-electron chi connectivity index (χ2n) is 5.14. The lowest BCUT2D eigenvalue weighted by Gasteiger charge is -2.23. The van der Waals surface area contributed by atoms with E-state index in [0.29, 0.717) is 11.6 Å². The maximum Gasteiger partial charge on any atom is 0.145 e. The molecule has 0 radical (unpaired) electrons. The molecule has 1 aliphatic heterocycles. The predicted molar refractivity (Wildman–Crippen MR) is 71.3 cm³/mol. The quantitative estimate of drug-likeness (QED) is 0.532. The molecular formula is C12H21N5O. The highest BCUT2D eigenvalue weighted by molar-refractivity contribution is 5.48. The molecule has 0 spiro atoms. The van der Waals surface area contributed by atoms with Crippen LogP contribution in [0.5, 0.6) is 0 Å². The molecule has 1 aliphatic rings. The monoisotopic (exact) mass is 251 g/mol. The molecule has 1 saturated heterocycles. The van der Waals surface area contributed by atoms with Crippen LogP contribution in [-0.2, 0) is 0 Å². The number of hydrogen-bond donors (Lipinski definition) is 3. The normalized spacial score (nSPS) is 24.8. The predicted octanol–water partition coefficient (Wildman–Crippen LogP) is 0.812. The van der Waals surface area contributed by atoms with Gasteiger partial charge in [0.1, 0.15) is 17.5 Å². The highest BCUT2D eigenvalue weighted by atomic mass is 16.3. The topological polar surface area (TPSA) is 87.3 Å². The Balaban J connectivity index is 2.18. The van der Waals surface area contributed by atoms with Crippen molar-refractivity contribution in [2.75, 3.05) is 23.4 Å². The number of aliphatic hydroxyl groups is 1. The number of anilines is 2. The summed E-state index contributed by atoms with van der Waals surface area (Å²) >= 11 is 0. The van der Waals surface area contributed by atoms with Crippen LogP contribution in [0.3, 0.4) is 0 Å². The molecule has 0 aliphatic carbocycles. The van der Waals surface area contributed by atoms with Gasteiger partial charge in [-0.2, -0.15) is 0 Å². The molecule has 18 heavy (non-hydrogen) atoms. The van der Waals surface area contributed by atoms with E-state index < -0.39 is 5.60 Å². The van der Waals surface area contributed by atoms with Crippen LogP contribution in [0.2, 0.25) is 0 Å². The molecule has 2 heterocycles. The van der Waals surface area contributed by atoms with Crippen LogP contribution < -0.4 is 16.2 Å². The summed E-state index contributed by atoms with van der Waals surface area (Å²) in [5, 5.41) is 10.1. The highest BCUT2D eigenvalue weighted by Gasteiger charge is 2.25. The van der Waals surface area contributed by atoms with Gasteiger partial charge in [-0.05, 0) is 33.1 Å². The highest BCUT2D eigenvalue weighted by Crippen LogP contribution is 2.25. The summed E-state index contributed by atoms with van der Waals surface area (Å²) in [6.07, 6.45) is 2.54. The van der Waals surface area contributed by atoms with Gasteiger partial charge in [0.25, 0.3) is 0 Å². The Morgan fingerprint density at radius 1 is 1.39 bits per heavy atom. The SMILES string of the molecule is Cc1nc(NN)cc(N2CCCC(C)(O)CC2)n1. The van der Waals surface area contributed by atoms with E-state index in [1.165, 1.54) is 0 Å². The third kappa shape index (κ3) is 3.08. The first-order chi connectivity index (χ1) is 8.50. The Kier molecular flexibility index (Phi) is 3.68. The third-order valence-electron chi connectivity index (χ3n) is 3.36. The summed E-state index contributed by atoms with van der Waals surface area (Å²) in [5.74, 6) is 7.57. The van der Waals surface area contributed by atoms with Crippen molar-refractivity contribution in [2.45, 2.75) is 38.7 Å². The lowest BCUT2D eigenvalue weighted by molar-refractivity contribution is 0.0481. The van der Waals surface area contributed by atoms with Gasteiger partial charge in [0.2, 0.25) is 0 Å². The zero-order valence-electron chi connectivity index (χ0n) is 11.0. The zero-order chi connectivity index (χ0) is 13.2. The smallest absolute Gasteiger partial charge is 0.145 e. The van der Waals surface area contributed by atoms with Crippen molar-refractivity contribution < 1.29 is 5.11 Å². The van der Waals surface area contributed by atoms with E-state index in [0.717, 1.165) is 38.2 Å². The van der Waals surface area contributed by atoms with Gasteiger partial charge in [0.05, 0.1) is 5.60 Å². The summed E-state index contributed by atoms with van der Waals surface area (Å²) < 4.78 is 0. The van der Waals surface area contributed by atoms with Crippen LogP contribution in [0.25, 0.3) is 0 Å². The Morgan fingerprint density at radius 3 is 2.89 bits per heavy atom. The fourth-order valence-corrected chi connectivity index (χ4v) is 2.28. The minimum absolute atomic E-state index is 0.564. The molecule has 1 fully saturated rings. The number of aromatic nitrogens is 2. The minimum atomic E-state index is -0.564. The van der Waals surface area contributed by atoms with E-state index in [9.17, 15) is 5.11 Å². The van der Waals surface area contributed by atoms with E-state index >= 15 is 0 Å². The Bertz CT molecular complexity index is 421. The number of rotatable bonds is 2. The van der Waals surface area contributed by atoms with Crippen LogP contribution >= 0.6 is 0 Å². The summed E-state index contributed by atoms with van der Waals surface area (Å²) in [7, 11) is 0. The molecule has 100 valence electrons. The van der Waals surface area contributed by atoms with Gasteiger partial charge in [-0.1, -0.05) is 0 Å². The Morgan fingerprint density at radius 2 is 2.17 bits per heavy atom. The number of nitrogens with one attached hydrogen (secondary N) is 1.